The maximum absolute atomic E-state index is 13.3. The Morgan fingerprint density at radius 2 is 2.22 bits per heavy atom. The molecule has 0 spiro atoms. The number of halogens is 1. The summed E-state index contributed by atoms with van der Waals surface area (Å²) in [7, 11) is 2.77. The van der Waals surface area contributed by atoms with E-state index < -0.39 is 23.7 Å². The van der Waals surface area contributed by atoms with Crippen LogP contribution in [0.2, 0.25) is 0 Å². The predicted molar refractivity (Wildman–Crippen MR) is 62.3 cm³/mol. The zero-order valence-electron chi connectivity index (χ0n) is 10.5. The molecule has 0 N–H and O–H groups in total. The molecule has 0 radical (unpaired) electrons. The largest absolute Gasteiger partial charge is 0.469 e. The summed E-state index contributed by atoms with van der Waals surface area (Å²) >= 11 is 0. The smallest absolute Gasteiger partial charge is 0.310 e. The number of methoxy groups -OCH3 is 1. The summed E-state index contributed by atoms with van der Waals surface area (Å²) in [6, 6.07) is 2.83. The highest BCUT2D eigenvalue weighted by molar-refractivity contribution is 5.94. The molecule has 0 bridgehead atoms. The Bertz CT molecular complexity index is 451. The van der Waals surface area contributed by atoms with Gasteiger partial charge in [0.1, 0.15) is 0 Å². The van der Waals surface area contributed by atoms with Gasteiger partial charge in [0.2, 0.25) is 5.95 Å². The second kappa shape index (κ2) is 6.09. The number of hydrogen-bond acceptors (Lipinski definition) is 4. The van der Waals surface area contributed by atoms with Gasteiger partial charge in [0.15, 0.2) is 0 Å². The highest BCUT2D eigenvalue weighted by Crippen LogP contribution is 2.09. The second-order valence-electron chi connectivity index (χ2n) is 3.95. The highest BCUT2D eigenvalue weighted by Gasteiger charge is 2.21. The summed E-state index contributed by atoms with van der Waals surface area (Å²) in [6.07, 6.45) is 1.27. The van der Waals surface area contributed by atoms with Crippen molar-refractivity contribution in [3.05, 3.63) is 29.8 Å². The number of ether oxygens (including phenoxy) is 1. The number of amides is 1. The van der Waals surface area contributed by atoms with E-state index in [-0.39, 0.29) is 12.1 Å². The van der Waals surface area contributed by atoms with Crippen molar-refractivity contribution in [1.82, 2.24) is 9.88 Å². The van der Waals surface area contributed by atoms with E-state index in [1.165, 1.54) is 37.4 Å². The van der Waals surface area contributed by atoms with Gasteiger partial charge >= 0.3 is 5.97 Å². The van der Waals surface area contributed by atoms with Crippen LogP contribution < -0.4 is 0 Å². The first-order chi connectivity index (χ1) is 8.47. The number of aromatic nitrogens is 1. The molecule has 0 saturated heterocycles. The molecule has 1 heterocycles. The Balaban J connectivity index is 2.74. The average molecular weight is 254 g/mol. The third-order valence-corrected chi connectivity index (χ3v) is 2.49. The van der Waals surface area contributed by atoms with Crippen molar-refractivity contribution >= 4 is 11.9 Å². The van der Waals surface area contributed by atoms with Crippen LogP contribution in [0.3, 0.4) is 0 Å². The van der Waals surface area contributed by atoms with Crippen LogP contribution in [0.1, 0.15) is 17.3 Å². The van der Waals surface area contributed by atoms with Gasteiger partial charge in [-0.1, -0.05) is 6.92 Å². The Morgan fingerprint density at radius 1 is 1.56 bits per heavy atom. The normalized spacial score (nSPS) is 11.8. The molecule has 6 heteroatoms. The summed E-state index contributed by atoms with van der Waals surface area (Å²) < 4.78 is 17.9. The van der Waals surface area contributed by atoms with Gasteiger partial charge in [-0.15, -0.1) is 0 Å². The van der Waals surface area contributed by atoms with Crippen molar-refractivity contribution in [3.8, 4) is 0 Å². The lowest BCUT2D eigenvalue weighted by Gasteiger charge is -2.20. The molecule has 18 heavy (non-hydrogen) atoms. The molecule has 0 aliphatic carbocycles. The molecule has 1 rings (SSSR count). The van der Waals surface area contributed by atoms with E-state index >= 15 is 0 Å². The lowest BCUT2D eigenvalue weighted by Crippen LogP contribution is -2.34. The SMILES string of the molecule is COC(=O)C(C)CN(C)C(=O)c1cccnc1F. The molecule has 1 aromatic rings. The van der Waals surface area contributed by atoms with Gasteiger partial charge in [0.05, 0.1) is 18.6 Å². The minimum absolute atomic E-state index is 0.114. The monoisotopic (exact) mass is 254 g/mol. The quantitative estimate of drug-likeness (QED) is 0.596. The van der Waals surface area contributed by atoms with Gasteiger partial charge in [-0.3, -0.25) is 9.59 Å². The lowest BCUT2D eigenvalue weighted by molar-refractivity contribution is -0.145. The van der Waals surface area contributed by atoms with Crippen molar-refractivity contribution in [3.63, 3.8) is 0 Å². The molecular weight excluding hydrogens is 239 g/mol. The fourth-order valence-corrected chi connectivity index (χ4v) is 1.52. The topological polar surface area (TPSA) is 59.5 Å². The molecule has 0 fully saturated rings. The summed E-state index contributed by atoms with van der Waals surface area (Å²) in [5.41, 5.74) is -0.114. The Labute approximate surface area is 105 Å². The van der Waals surface area contributed by atoms with Crippen molar-refractivity contribution in [2.24, 2.45) is 5.92 Å². The Morgan fingerprint density at radius 3 is 2.78 bits per heavy atom. The maximum atomic E-state index is 13.3. The van der Waals surface area contributed by atoms with Crippen LogP contribution in [-0.4, -0.2) is 42.5 Å². The Hall–Kier alpha value is -1.98. The summed E-state index contributed by atoms with van der Waals surface area (Å²) in [4.78, 5) is 27.8. The minimum Gasteiger partial charge on any atom is -0.469 e. The molecule has 98 valence electrons. The third kappa shape index (κ3) is 3.26. The molecular formula is C12H15FN2O3. The molecule has 0 aromatic carbocycles. The Kier molecular flexibility index (Phi) is 4.76. The highest BCUT2D eigenvalue weighted by atomic mass is 19.1. The first-order valence-corrected chi connectivity index (χ1v) is 5.41. The molecule has 0 saturated carbocycles. The van der Waals surface area contributed by atoms with Gasteiger partial charge in [0, 0.05) is 19.8 Å². The van der Waals surface area contributed by atoms with E-state index in [4.69, 9.17) is 0 Å². The van der Waals surface area contributed by atoms with Gasteiger partial charge in [-0.05, 0) is 12.1 Å². The molecule has 0 aliphatic heterocycles. The summed E-state index contributed by atoms with van der Waals surface area (Å²) in [5, 5.41) is 0. The first kappa shape index (κ1) is 14.1. The molecule has 1 atom stereocenters. The van der Waals surface area contributed by atoms with E-state index in [9.17, 15) is 14.0 Å². The number of esters is 1. The zero-order chi connectivity index (χ0) is 13.7. The van der Waals surface area contributed by atoms with Crippen LogP contribution in [0, 0.1) is 11.9 Å². The van der Waals surface area contributed by atoms with Crippen molar-refractivity contribution in [2.45, 2.75) is 6.92 Å². The van der Waals surface area contributed by atoms with Crippen LogP contribution in [0.15, 0.2) is 18.3 Å². The van der Waals surface area contributed by atoms with Gasteiger partial charge < -0.3 is 9.64 Å². The molecule has 0 aliphatic rings. The number of nitrogens with zero attached hydrogens (tertiary/aromatic N) is 2. The van der Waals surface area contributed by atoms with E-state index in [2.05, 4.69) is 9.72 Å². The van der Waals surface area contributed by atoms with Gasteiger partial charge in [-0.2, -0.15) is 4.39 Å². The number of carbonyl (C=O) groups excluding carboxylic acids is 2. The molecule has 1 aromatic heterocycles. The summed E-state index contributed by atoms with van der Waals surface area (Å²) in [6.45, 7) is 1.79. The second-order valence-corrected chi connectivity index (χ2v) is 3.95. The van der Waals surface area contributed by atoms with Crippen molar-refractivity contribution in [2.75, 3.05) is 20.7 Å². The fraction of sp³-hybridized carbons (Fsp3) is 0.417. The number of rotatable bonds is 4. The lowest BCUT2D eigenvalue weighted by atomic mass is 10.1. The van der Waals surface area contributed by atoms with Crippen LogP contribution >= 0.6 is 0 Å². The standard InChI is InChI=1S/C12H15FN2O3/c1-8(12(17)18-3)7-15(2)11(16)9-5-4-6-14-10(9)13/h4-6,8H,7H2,1-3H3. The van der Waals surface area contributed by atoms with Crippen molar-refractivity contribution in [1.29, 1.82) is 0 Å². The number of hydrogen-bond donors (Lipinski definition) is 0. The van der Waals surface area contributed by atoms with Gasteiger partial charge in [0.25, 0.3) is 5.91 Å². The fourth-order valence-electron chi connectivity index (χ4n) is 1.52. The first-order valence-electron chi connectivity index (χ1n) is 5.41. The maximum Gasteiger partial charge on any atom is 0.310 e. The number of pyridine rings is 1. The van der Waals surface area contributed by atoms with Crippen LogP contribution in [-0.2, 0) is 9.53 Å². The van der Waals surface area contributed by atoms with E-state index in [1.54, 1.807) is 6.92 Å². The van der Waals surface area contributed by atoms with Gasteiger partial charge in [-0.25, -0.2) is 4.98 Å². The van der Waals surface area contributed by atoms with E-state index in [0.717, 1.165) is 0 Å². The van der Waals surface area contributed by atoms with E-state index in [0.29, 0.717) is 0 Å². The third-order valence-electron chi connectivity index (χ3n) is 2.49. The number of carbonyl (C=O) groups is 2. The van der Waals surface area contributed by atoms with E-state index in [1.807, 2.05) is 0 Å². The molecule has 5 nitrogen and oxygen atoms in total. The minimum atomic E-state index is -0.819. The van der Waals surface area contributed by atoms with Crippen molar-refractivity contribution < 1.29 is 18.7 Å². The zero-order valence-corrected chi connectivity index (χ0v) is 10.5. The molecule has 1 unspecified atom stereocenters. The summed E-state index contributed by atoms with van der Waals surface area (Å²) in [5.74, 6) is -2.22. The van der Waals surface area contributed by atoms with Crippen LogP contribution in [0.5, 0.6) is 0 Å². The molecule has 1 amide bonds. The predicted octanol–water partition coefficient (Wildman–Crippen LogP) is 1.10. The average Bonchev–Trinajstić information content (AvgIpc) is 2.37. The van der Waals surface area contributed by atoms with Crippen LogP contribution in [0.4, 0.5) is 4.39 Å². The van der Waals surface area contributed by atoms with Crippen LogP contribution in [0.25, 0.3) is 0 Å².